The van der Waals surface area contributed by atoms with Gasteiger partial charge in [-0.25, -0.2) is 0 Å². The minimum Gasteiger partial charge on any atom is -0.507 e. The van der Waals surface area contributed by atoms with Crippen molar-refractivity contribution >= 4 is 56.9 Å². The predicted octanol–water partition coefficient (Wildman–Crippen LogP) is 7.93. The third-order valence-electron chi connectivity index (χ3n) is 7.94. The number of fused-ring (bicyclic) bond motifs is 1. The molecular formula is C33H39BrClN3O2S. The molecule has 2 heterocycles. The van der Waals surface area contributed by atoms with Gasteiger partial charge in [-0.3, -0.25) is 4.79 Å². The van der Waals surface area contributed by atoms with Crippen LogP contribution < -0.4 is 5.32 Å². The van der Waals surface area contributed by atoms with Gasteiger partial charge in [0.25, 0.3) is 5.91 Å². The Morgan fingerprint density at radius 1 is 1.00 bits per heavy atom. The average molecular weight is 657 g/mol. The Hall–Kier alpha value is -2.45. The van der Waals surface area contributed by atoms with Gasteiger partial charge in [-0.15, -0.1) is 24.2 Å². The molecule has 0 unspecified atom stereocenters. The van der Waals surface area contributed by atoms with Crippen molar-refractivity contribution in [1.29, 1.82) is 0 Å². The van der Waals surface area contributed by atoms with Gasteiger partial charge in [-0.05, 0) is 105 Å². The van der Waals surface area contributed by atoms with Crippen LogP contribution in [0.5, 0.6) is 5.75 Å². The van der Waals surface area contributed by atoms with Crippen molar-refractivity contribution in [3.63, 3.8) is 0 Å². The molecule has 1 aromatic heterocycles. The number of hydrogen-bond donors (Lipinski definition) is 2. The Kier molecular flexibility index (Phi) is 10.2. The first-order valence-corrected chi connectivity index (χ1v) is 15.7. The van der Waals surface area contributed by atoms with Crippen LogP contribution in [0.4, 0.5) is 0 Å². The summed E-state index contributed by atoms with van der Waals surface area (Å²) in [6, 6.07) is 16.8. The van der Waals surface area contributed by atoms with Crippen molar-refractivity contribution in [3.05, 3.63) is 92.1 Å². The van der Waals surface area contributed by atoms with E-state index in [1.807, 2.05) is 6.07 Å². The molecular weight excluding hydrogens is 618 g/mol. The number of aryl methyl sites for hydroxylation is 4. The van der Waals surface area contributed by atoms with Gasteiger partial charge in [0.05, 0.1) is 15.6 Å². The second-order valence-corrected chi connectivity index (χ2v) is 13.1. The maximum Gasteiger partial charge on any atom is 0.253 e. The first kappa shape index (κ1) is 31.5. The number of benzene rings is 3. The number of nitrogens with zero attached hydrogens (tertiary/aromatic N) is 2. The molecule has 5 nitrogen and oxygen atoms in total. The number of phenolic OH excluding ortho intramolecular Hbond substituents is 1. The zero-order chi connectivity index (χ0) is 28.6. The fourth-order valence-corrected chi connectivity index (χ4v) is 7.30. The van der Waals surface area contributed by atoms with Crippen LogP contribution in [-0.2, 0) is 12.3 Å². The number of piperidine rings is 1. The van der Waals surface area contributed by atoms with Gasteiger partial charge >= 0.3 is 0 Å². The highest BCUT2D eigenvalue weighted by Crippen LogP contribution is 2.38. The molecule has 1 amide bonds. The SMILES string of the molecule is Cc1ccc(Cn2c(CSc3c(C)cc(C)cc3C)c(C(=O)NC3CCN(C)CC3)c3cc(O)c(Br)cc32)cc1.Cl. The summed E-state index contributed by atoms with van der Waals surface area (Å²) in [5, 5.41) is 14.8. The lowest BCUT2D eigenvalue weighted by molar-refractivity contribution is 0.0917. The van der Waals surface area contributed by atoms with E-state index in [2.05, 4.69) is 102 Å². The van der Waals surface area contributed by atoms with Crippen molar-refractivity contribution in [2.24, 2.45) is 0 Å². The number of carbonyl (C=O) groups is 1. The third kappa shape index (κ3) is 6.96. The lowest BCUT2D eigenvalue weighted by atomic mass is 10.0. The molecule has 0 aliphatic carbocycles. The molecule has 0 radical (unpaired) electrons. The molecule has 4 aromatic rings. The maximum absolute atomic E-state index is 14.1. The monoisotopic (exact) mass is 655 g/mol. The summed E-state index contributed by atoms with van der Waals surface area (Å²) in [5.74, 6) is 0.717. The molecule has 0 atom stereocenters. The number of carbonyl (C=O) groups excluding carboxylic acids is 1. The van der Waals surface area contributed by atoms with E-state index >= 15 is 0 Å². The first-order valence-electron chi connectivity index (χ1n) is 13.9. The molecule has 1 fully saturated rings. The van der Waals surface area contributed by atoms with Crippen molar-refractivity contribution in [1.82, 2.24) is 14.8 Å². The number of halogens is 2. The molecule has 0 saturated carbocycles. The van der Waals surface area contributed by atoms with E-state index in [9.17, 15) is 9.90 Å². The normalized spacial score (nSPS) is 14.3. The molecule has 1 saturated heterocycles. The van der Waals surface area contributed by atoms with Gasteiger partial charge in [0.2, 0.25) is 0 Å². The number of thioether (sulfide) groups is 1. The number of rotatable bonds is 7. The van der Waals surface area contributed by atoms with Gasteiger partial charge in [0, 0.05) is 34.3 Å². The van der Waals surface area contributed by atoms with Gasteiger partial charge in [-0.2, -0.15) is 0 Å². The van der Waals surface area contributed by atoms with Crippen LogP contribution >= 0.6 is 40.1 Å². The Morgan fingerprint density at radius 2 is 1.63 bits per heavy atom. The zero-order valence-electron chi connectivity index (χ0n) is 24.4. The fraction of sp³-hybridized carbons (Fsp3) is 0.364. The highest BCUT2D eigenvalue weighted by atomic mass is 79.9. The van der Waals surface area contributed by atoms with E-state index in [-0.39, 0.29) is 30.1 Å². The lowest BCUT2D eigenvalue weighted by Gasteiger charge is -2.29. The second kappa shape index (κ2) is 13.2. The van der Waals surface area contributed by atoms with Crippen molar-refractivity contribution in [2.75, 3.05) is 20.1 Å². The summed E-state index contributed by atoms with van der Waals surface area (Å²) >= 11 is 5.31. The molecule has 5 rings (SSSR count). The summed E-state index contributed by atoms with van der Waals surface area (Å²) in [6.07, 6.45) is 1.87. The highest BCUT2D eigenvalue weighted by Gasteiger charge is 2.27. The summed E-state index contributed by atoms with van der Waals surface area (Å²) in [5.41, 5.74) is 8.72. The largest absolute Gasteiger partial charge is 0.507 e. The smallest absolute Gasteiger partial charge is 0.253 e. The van der Waals surface area contributed by atoms with Crippen LogP contribution in [0.15, 0.2) is 57.9 Å². The van der Waals surface area contributed by atoms with Gasteiger partial charge in [0.15, 0.2) is 0 Å². The predicted molar refractivity (Wildman–Crippen MR) is 177 cm³/mol. The van der Waals surface area contributed by atoms with Gasteiger partial charge in [0.1, 0.15) is 5.75 Å². The fourth-order valence-electron chi connectivity index (χ4n) is 5.82. The minimum atomic E-state index is -0.0584. The van der Waals surface area contributed by atoms with Gasteiger partial charge < -0.3 is 19.9 Å². The van der Waals surface area contributed by atoms with Gasteiger partial charge in [-0.1, -0.05) is 47.5 Å². The number of hydrogen-bond acceptors (Lipinski definition) is 4. The van der Waals surface area contributed by atoms with Crippen LogP contribution in [0, 0.1) is 27.7 Å². The van der Waals surface area contributed by atoms with E-state index in [0.717, 1.165) is 42.5 Å². The first-order chi connectivity index (χ1) is 19.1. The van der Waals surface area contributed by atoms with Crippen LogP contribution in [0.1, 0.15) is 56.7 Å². The molecule has 2 N–H and O–H groups in total. The molecule has 8 heteroatoms. The summed E-state index contributed by atoms with van der Waals surface area (Å²) in [6.45, 7) is 11.1. The maximum atomic E-state index is 14.1. The highest BCUT2D eigenvalue weighted by molar-refractivity contribution is 9.10. The minimum absolute atomic E-state index is 0. The van der Waals surface area contributed by atoms with Crippen molar-refractivity contribution in [2.45, 2.75) is 63.8 Å². The standard InChI is InChI=1S/C33H38BrN3O2S.ClH/c1-20-6-8-24(9-7-20)18-37-28-17-27(34)30(38)16-26(28)31(33(39)35-25-10-12-36(5)13-11-25)29(37)19-40-32-22(3)14-21(2)15-23(32)4;/h6-9,14-17,25,38H,10-13,18-19H2,1-5H3,(H,35,39);1H. The van der Waals surface area contributed by atoms with E-state index < -0.39 is 0 Å². The van der Waals surface area contributed by atoms with Crippen LogP contribution in [-0.4, -0.2) is 46.7 Å². The van der Waals surface area contributed by atoms with E-state index in [1.165, 1.54) is 32.7 Å². The number of phenols is 1. The zero-order valence-corrected chi connectivity index (χ0v) is 27.6. The molecule has 1 aliphatic rings. The van der Waals surface area contributed by atoms with E-state index in [4.69, 9.17) is 0 Å². The number of aromatic hydroxyl groups is 1. The second-order valence-electron chi connectivity index (χ2n) is 11.3. The summed E-state index contributed by atoms with van der Waals surface area (Å²) in [4.78, 5) is 17.6. The number of amides is 1. The Balaban J connectivity index is 0.00000387. The summed E-state index contributed by atoms with van der Waals surface area (Å²) in [7, 11) is 2.13. The number of nitrogens with one attached hydrogen (secondary N) is 1. The number of likely N-dealkylation sites (tertiary alicyclic amines) is 1. The van der Waals surface area contributed by atoms with Crippen LogP contribution in [0.2, 0.25) is 0 Å². The molecule has 3 aromatic carbocycles. The molecule has 1 aliphatic heterocycles. The number of aromatic nitrogens is 1. The Labute approximate surface area is 262 Å². The molecule has 0 spiro atoms. The van der Waals surface area contributed by atoms with E-state index in [0.29, 0.717) is 22.3 Å². The quantitative estimate of drug-likeness (QED) is 0.199. The van der Waals surface area contributed by atoms with Crippen LogP contribution in [0.3, 0.4) is 0 Å². The Morgan fingerprint density at radius 3 is 2.27 bits per heavy atom. The van der Waals surface area contributed by atoms with Crippen molar-refractivity contribution < 1.29 is 9.90 Å². The molecule has 41 heavy (non-hydrogen) atoms. The third-order valence-corrected chi connectivity index (χ3v) is 9.93. The average Bonchev–Trinajstić information content (AvgIpc) is 3.18. The molecule has 218 valence electrons. The topological polar surface area (TPSA) is 57.5 Å². The van der Waals surface area contributed by atoms with E-state index in [1.54, 1.807) is 17.8 Å². The van der Waals surface area contributed by atoms with Crippen LogP contribution in [0.25, 0.3) is 10.9 Å². The Bertz CT molecular complexity index is 1540. The van der Waals surface area contributed by atoms with Crippen molar-refractivity contribution in [3.8, 4) is 5.75 Å². The lowest BCUT2D eigenvalue weighted by Crippen LogP contribution is -2.43. The molecule has 0 bridgehead atoms. The summed E-state index contributed by atoms with van der Waals surface area (Å²) < 4.78 is 2.88.